The number of morpholine rings is 1. The molecule has 1 aliphatic rings. The van der Waals surface area contributed by atoms with E-state index >= 15 is 0 Å². The van der Waals surface area contributed by atoms with Crippen molar-refractivity contribution in [2.24, 2.45) is 0 Å². The van der Waals surface area contributed by atoms with Gasteiger partial charge in [-0.25, -0.2) is 4.98 Å². The highest BCUT2D eigenvalue weighted by Gasteiger charge is 2.27. The van der Waals surface area contributed by atoms with Gasteiger partial charge >= 0.3 is 0 Å². The summed E-state index contributed by atoms with van der Waals surface area (Å²) in [5.41, 5.74) is 8.43. The summed E-state index contributed by atoms with van der Waals surface area (Å²) in [4.78, 5) is 10.3. The summed E-state index contributed by atoms with van der Waals surface area (Å²) >= 11 is 0. The molecule has 0 spiro atoms. The van der Waals surface area contributed by atoms with Gasteiger partial charge in [0.2, 0.25) is 0 Å². The van der Waals surface area contributed by atoms with Gasteiger partial charge in [0.25, 0.3) is 0 Å². The zero-order valence-electron chi connectivity index (χ0n) is 11.4. The van der Waals surface area contributed by atoms with Crippen LogP contribution in [0.25, 0.3) is 11.0 Å². The fourth-order valence-corrected chi connectivity index (χ4v) is 2.62. The summed E-state index contributed by atoms with van der Waals surface area (Å²) in [5, 5.41) is 0. The first kappa shape index (κ1) is 12.4. The van der Waals surface area contributed by atoms with Gasteiger partial charge in [0.1, 0.15) is 5.82 Å². The van der Waals surface area contributed by atoms with E-state index in [1.54, 1.807) is 0 Å². The molecule has 3 rings (SSSR count). The SMILES string of the molecule is CC1(C)CN(Cc2nc3ccc(N)cc3[nH]2)CCO1. The van der Waals surface area contributed by atoms with Crippen molar-refractivity contribution in [3.63, 3.8) is 0 Å². The van der Waals surface area contributed by atoms with Crippen LogP contribution in [-0.4, -0.2) is 40.2 Å². The Morgan fingerprint density at radius 2 is 2.32 bits per heavy atom. The molecule has 0 bridgehead atoms. The predicted octanol–water partition coefficient (Wildman–Crippen LogP) is 1.76. The van der Waals surface area contributed by atoms with Crippen LogP contribution < -0.4 is 5.73 Å². The van der Waals surface area contributed by atoms with Gasteiger partial charge in [-0.1, -0.05) is 0 Å². The van der Waals surface area contributed by atoms with Crippen molar-refractivity contribution in [1.82, 2.24) is 14.9 Å². The average molecular weight is 260 g/mol. The molecule has 1 aromatic heterocycles. The number of imidazole rings is 1. The minimum atomic E-state index is -0.0747. The van der Waals surface area contributed by atoms with E-state index in [1.807, 2.05) is 18.2 Å². The maximum absolute atomic E-state index is 5.78. The third-order valence-corrected chi connectivity index (χ3v) is 3.43. The van der Waals surface area contributed by atoms with Crippen LogP contribution in [0.1, 0.15) is 19.7 Å². The van der Waals surface area contributed by atoms with Gasteiger partial charge in [0.15, 0.2) is 0 Å². The van der Waals surface area contributed by atoms with Crippen molar-refractivity contribution >= 4 is 16.7 Å². The number of benzene rings is 1. The van der Waals surface area contributed by atoms with E-state index in [4.69, 9.17) is 10.5 Å². The summed E-state index contributed by atoms with van der Waals surface area (Å²) in [6, 6.07) is 5.76. The number of nitrogens with one attached hydrogen (secondary N) is 1. The molecule has 0 saturated carbocycles. The van der Waals surface area contributed by atoms with Gasteiger partial charge in [-0.05, 0) is 32.0 Å². The Kier molecular flexibility index (Phi) is 2.95. The van der Waals surface area contributed by atoms with Crippen LogP contribution in [0.5, 0.6) is 0 Å². The highest BCUT2D eigenvalue weighted by Crippen LogP contribution is 2.19. The molecule has 0 unspecified atom stereocenters. The van der Waals surface area contributed by atoms with Crippen LogP contribution in [0.4, 0.5) is 5.69 Å². The number of nitrogens with two attached hydrogens (primary N) is 1. The van der Waals surface area contributed by atoms with Crippen LogP contribution >= 0.6 is 0 Å². The Labute approximate surface area is 112 Å². The summed E-state index contributed by atoms with van der Waals surface area (Å²) in [5.74, 6) is 0.985. The molecule has 0 atom stereocenters. The minimum Gasteiger partial charge on any atom is -0.399 e. The Morgan fingerprint density at radius 1 is 1.47 bits per heavy atom. The zero-order valence-corrected chi connectivity index (χ0v) is 11.4. The molecule has 19 heavy (non-hydrogen) atoms. The molecule has 2 heterocycles. The summed E-state index contributed by atoms with van der Waals surface area (Å²) in [6.07, 6.45) is 0. The second-order valence-electron chi connectivity index (χ2n) is 5.78. The van der Waals surface area contributed by atoms with Crippen LogP contribution in [0.2, 0.25) is 0 Å². The van der Waals surface area contributed by atoms with Gasteiger partial charge in [0.05, 0.1) is 29.8 Å². The first-order valence-electron chi connectivity index (χ1n) is 6.62. The lowest BCUT2D eigenvalue weighted by atomic mass is 10.1. The molecule has 1 fully saturated rings. The standard InChI is InChI=1S/C14H20N4O/c1-14(2)9-18(5-6-19-14)8-13-16-11-4-3-10(15)7-12(11)17-13/h3-4,7H,5-6,8-9,15H2,1-2H3,(H,16,17). The van der Waals surface area contributed by atoms with Crippen molar-refractivity contribution in [2.45, 2.75) is 26.0 Å². The van der Waals surface area contributed by atoms with E-state index in [9.17, 15) is 0 Å². The maximum Gasteiger partial charge on any atom is 0.121 e. The molecule has 0 aliphatic carbocycles. The Hall–Kier alpha value is -1.59. The van der Waals surface area contributed by atoms with Gasteiger partial charge in [0, 0.05) is 18.8 Å². The van der Waals surface area contributed by atoms with Crippen LogP contribution in [0.15, 0.2) is 18.2 Å². The maximum atomic E-state index is 5.78. The normalized spacial score (nSPS) is 19.9. The van der Waals surface area contributed by atoms with Crippen molar-refractivity contribution in [3.05, 3.63) is 24.0 Å². The lowest BCUT2D eigenvalue weighted by molar-refractivity contribution is -0.0887. The third kappa shape index (κ3) is 2.72. The molecular formula is C14H20N4O. The van der Waals surface area contributed by atoms with Crippen molar-refractivity contribution < 1.29 is 4.74 Å². The van der Waals surface area contributed by atoms with Crippen molar-refractivity contribution in [1.29, 1.82) is 0 Å². The molecule has 1 aliphatic heterocycles. The van der Waals surface area contributed by atoms with Gasteiger partial charge < -0.3 is 15.5 Å². The van der Waals surface area contributed by atoms with E-state index < -0.39 is 0 Å². The first-order valence-corrected chi connectivity index (χ1v) is 6.62. The Bertz CT molecular complexity index is 590. The van der Waals surface area contributed by atoms with E-state index in [0.29, 0.717) is 0 Å². The molecule has 0 amide bonds. The number of ether oxygens (including phenoxy) is 1. The summed E-state index contributed by atoms with van der Waals surface area (Å²) in [6.45, 7) is 7.72. The molecule has 5 nitrogen and oxygen atoms in total. The highest BCUT2D eigenvalue weighted by molar-refractivity contribution is 5.78. The minimum absolute atomic E-state index is 0.0747. The average Bonchev–Trinajstić information content (AvgIpc) is 2.68. The second-order valence-corrected chi connectivity index (χ2v) is 5.78. The number of anilines is 1. The molecule has 0 radical (unpaired) electrons. The quantitative estimate of drug-likeness (QED) is 0.807. The highest BCUT2D eigenvalue weighted by atomic mass is 16.5. The third-order valence-electron chi connectivity index (χ3n) is 3.43. The van der Waals surface area contributed by atoms with Crippen molar-refractivity contribution in [2.75, 3.05) is 25.4 Å². The smallest absolute Gasteiger partial charge is 0.121 e. The lowest BCUT2D eigenvalue weighted by Gasteiger charge is -2.37. The first-order chi connectivity index (χ1) is 9.02. The van der Waals surface area contributed by atoms with E-state index in [1.165, 1.54) is 0 Å². The van der Waals surface area contributed by atoms with Gasteiger partial charge in [-0.2, -0.15) is 0 Å². The van der Waals surface area contributed by atoms with E-state index in [0.717, 1.165) is 48.8 Å². The fraction of sp³-hybridized carbons (Fsp3) is 0.500. The molecular weight excluding hydrogens is 240 g/mol. The van der Waals surface area contributed by atoms with Crippen LogP contribution in [0, 0.1) is 0 Å². The molecule has 1 aromatic carbocycles. The molecule has 2 aromatic rings. The number of aromatic nitrogens is 2. The molecule has 5 heteroatoms. The molecule has 1 saturated heterocycles. The number of fused-ring (bicyclic) bond motifs is 1. The second kappa shape index (κ2) is 4.51. The monoisotopic (exact) mass is 260 g/mol. The number of nitrogens with zero attached hydrogens (tertiary/aromatic N) is 2. The number of hydrogen-bond donors (Lipinski definition) is 2. The molecule has 3 N–H and O–H groups in total. The topological polar surface area (TPSA) is 67.2 Å². The Morgan fingerprint density at radius 3 is 3.11 bits per heavy atom. The van der Waals surface area contributed by atoms with E-state index in [-0.39, 0.29) is 5.60 Å². The number of nitrogen functional groups attached to an aromatic ring is 1. The summed E-state index contributed by atoms with van der Waals surface area (Å²) in [7, 11) is 0. The van der Waals surface area contributed by atoms with Gasteiger partial charge in [-0.3, -0.25) is 4.90 Å². The largest absolute Gasteiger partial charge is 0.399 e. The zero-order chi connectivity index (χ0) is 13.5. The number of hydrogen-bond acceptors (Lipinski definition) is 4. The number of H-pyrrole nitrogens is 1. The number of rotatable bonds is 2. The van der Waals surface area contributed by atoms with Crippen molar-refractivity contribution in [3.8, 4) is 0 Å². The lowest BCUT2D eigenvalue weighted by Crippen LogP contribution is -2.47. The van der Waals surface area contributed by atoms with E-state index in [2.05, 4.69) is 28.7 Å². The van der Waals surface area contributed by atoms with Gasteiger partial charge in [-0.15, -0.1) is 0 Å². The predicted molar refractivity (Wildman–Crippen MR) is 75.8 cm³/mol. The summed E-state index contributed by atoms with van der Waals surface area (Å²) < 4.78 is 5.72. The van der Waals surface area contributed by atoms with Crippen LogP contribution in [0.3, 0.4) is 0 Å². The fourth-order valence-electron chi connectivity index (χ4n) is 2.62. The number of aromatic amines is 1. The molecule has 102 valence electrons. The Balaban J connectivity index is 1.77. The van der Waals surface area contributed by atoms with Crippen LogP contribution in [-0.2, 0) is 11.3 Å².